The Bertz CT molecular complexity index is 407. The molecular formula is C14H25N5. The fourth-order valence-electron chi connectivity index (χ4n) is 2.84. The lowest BCUT2D eigenvalue weighted by molar-refractivity contribution is 0.331. The van der Waals surface area contributed by atoms with Crippen molar-refractivity contribution in [3.8, 4) is 0 Å². The number of aromatic nitrogens is 3. The van der Waals surface area contributed by atoms with Crippen molar-refractivity contribution >= 4 is 5.95 Å². The van der Waals surface area contributed by atoms with Crippen LogP contribution in [0, 0.1) is 5.92 Å². The van der Waals surface area contributed by atoms with Crippen LogP contribution in [0.15, 0.2) is 0 Å². The molecule has 0 radical (unpaired) electrons. The van der Waals surface area contributed by atoms with Crippen LogP contribution in [0.1, 0.15) is 50.9 Å². The Hall–Kier alpha value is -1.23. The molecule has 0 saturated heterocycles. The molecule has 2 rings (SSSR count). The van der Waals surface area contributed by atoms with Gasteiger partial charge in [0.2, 0.25) is 5.95 Å². The zero-order chi connectivity index (χ0) is 13.7. The van der Waals surface area contributed by atoms with Crippen molar-refractivity contribution in [3.63, 3.8) is 0 Å². The standard InChI is InChI=1S/C14H25N5/c1-3-11-12(4-2)18-19-14(16-11)17-13-8-6-5-7-10(13)9-15/h10,13H,3-9,15H2,1-2H3,(H,16,17,19). The smallest absolute Gasteiger partial charge is 0.243 e. The van der Waals surface area contributed by atoms with Gasteiger partial charge in [0.05, 0.1) is 11.4 Å². The van der Waals surface area contributed by atoms with Crippen LogP contribution in [0.3, 0.4) is 0 Å². The third-order valence-electron chi connectivity index (χ3n) is 4.04. The Kier molecular flexibility index (Phi) is 5.07. The van der Waals surface area contributed by atoms with Gasteiger partial charge in [-0.05, 0) is 38.1 Å². The van der Waals surface area contributed by atoms with Crippen LogP contribution in [0.2, 0.25) is 0 Å². The summed E-state index contributed by atoms with van der Waals surface area (Å²) in [5.74, 6) is 1.20. The summed E-state index contributed by atoms with van der Waals surface area (Å²) >= 11 is 0. The maximum absolute atomic E-state index is 5.85. The minimum absolute atomic E-state index is 0.401. The molecule has 1 heterocycles. The van der Waals surface area contributed by atoms with Gasteiger partial charge in [0, 0.05) is 6.04 Å². The predicted octanol–water partition coefficient (Wildman–Crippen LogP) is 1.93. The van der Waals surface area contributed by atoms with Crippen LogP contribution in [0.25, 0.3) is 0 Å². The summed E-state index contributed by atoms with van der Waals surface area (Å²) in [4.78, 5) is 4.60. The highest BCUT2D eigenvalue weighted by atomic mass is 15.2. The summed E-state index contributed by atoms with van der Waals surface area (Å²) < 4.78 is 0. The Labute approximate surface area is 115 Å². The van der Waals surface area contributed by atoms with Crippen molar-refractivity contribution < 1.29 is 0 Å². The highest BCUT2D eigenvalue weighted by Gasteiger charge is 2.24. The molecule has 5 nitrogen and oxygen atoms in total. The Morgan fingerprint density at radius 2 is 1.84 bits per heavy atom. The van der Waals surface area contributed by atoms with Gasteiger partial charge in [-0.2, -0.15) is 5.10 Å². The molecule has 3 N–H and O–H groups in total. The second-order valence-corrected chi connectivity index (χ2v) is 5.27. The summed E-state index contributed by atoms with van der Waals surface area (Å²) in [7, 11) is 0. The van der Waals surface area contributed by atoms with Gasteiger partial charge in [0.15, 0.2) is 0 Å². The number of hydrogen-bond acceptors (Lipinski definition) is 5. The number of nitrogens with zero attached hydrogens (tertiary/aromatic N) is 3. The van der Waals surface area contributed by atoms with Gasteiger partial charge in [0.1, 0.15) is 0 Å². The molecule has 0 aromatic carbocycles. The monoisotopic (exact) mass is 263 g/mol. The average molecular weight is 263 g/mol. The normalized spacial score (nSPS) is 23.3. The van der Waals surface area contributed by atoms with E-state index in [4.69, 9.17) is 5.73 Å². The minimum atomic E-state index is 0.401. The number of hydrogen-bond donors (Lipinski definition) is 2. The van der Waals surface area contributed by atoms with Crippen molar-refractivity contribution in [3.05, 3.63) is 11.4 Å². The fourth-order valence-corrected chi connectivity index (χ4v) is 2.84. The number of anilines is 1. The van der Waals surface area contributed by atoms with Crippen molar-refractivity contribution in [1.29, 1.82) is 0 Å². The third-order valence-corrected chi connectivity index (χ3v) is 4.04. The molecule has 1 aromatic heterocycles. The van der Waals surface area contributed by atoms with Crippen molar-refractivity contribution in [2.75, 3.05) is 11.9 Å². The van der Waals surface area contributed by atoms with Gasteiger partial charge in [-0.1, -0.05) is 26.7 Å². The van der Waals surface area contributed by atoms with Crippen LogP contribution in [0.5, 0.6) is 0 Å². The molecule has 19 heavy (non-hydrogen) atoms. The van der Waals surface area contributed by atoms with Gasteiger partial charge < -0.3 is 11.1 Å². The SMILES string of the molecule is CCc1nnc(NC2CCCCC2CN)nc1CC. The van der Waals surface area contributed by atoms with Crippen molar-refractivity contribution in [1.82, 2.24) is 15.2 Å². The van der Waals surface area contributed by atoms with E-state index in [1.165, 1.54) is 19.3 Å². The molecule has 0 bridgehead atoms. The van der Waals surface area contributed by atoms with Crippen molar-refractivity contribution in [2.24, 2.45) is 11.7 Å². The van der Waals surface area contributed by atoms with Crippen LogP contribution in [0.4, 0.5) is 5.95 Å². The highest BCUT2D eigenvalue weighted by molar-refractivity contribution is 5.28. The summed E-state index contributed by atoms with van der Waals surface area (Å²) in [6, 6.07) is 0.401. The molecule has 5 heteroatoms. The number of rotatable bonds is 5. The van der Waals surface area contributed by atoms with E-state index in [9.17, 15) is 0 Å². The van der Waals surface area contributed by atoms with Gasteiger partial charge in [-0.15, -0.1) is 5.10 Å². The average Bonchev–Trinajstić information content (AvgIpc) is 2.47. The lowest BCUT2D eigenvalue weighted by Crippen LogP contribution is -2.37. The minimum Gasteiger partial charge on any atom is -0.350 e. The van der Waals surface area contributed by atoms with Gasteiger partial charge in [-0.3, -0.25) is 0 Å². The number of aryl methyl sites for hydroxylation is 2. The van der Waals surface area contributed by atoms with Gasteiger partial charge in [0.25, 0.3) is 0 Å². The molecule has 2 atom stereocenters. The van der Waals surface area contributed by atoms with E-state index in [0.29, 0.717) is 17.9 Å². The van der Waals surface area contributed by atoms with Crippen LogP contribution < -0.4 is 11.1 Å². The molecule has 0 amide bonds. The molecule has 1 fully saturated rings. The molecule has 1 saturated carbocycles. The number of nitrogens with one attached hydrogen (secondary N) is 1. The Morgan fingerprint density at radius 1 is 1.11 bits per heavy atom. The van der Waals surface area contributed by atoms with Crippen LogP contribution >= 0.6 is 0 Å². The van der Waals surface area contributed by atoms with E-state index in [-0.39, 0.29) is 0 Å². The fraction of sp³-hybridized carbons (Fsp3) is 0.786. The number of nitrogens with two attached hydrogens (primary N) is 1. The quantitative estimate of drug-likeness (QED) is 0.848. The second-order valence-electron chi connectivity index (χ2n) is 5.27. The maximum atomic E-state index is 5.85. The van der Waals surface area contributed by atoms with E-state index in [1.807, 2.05) is 0 Å². The Balaban J connectivity index is 2.09. The summed E-state index contributed by atoms with van der Waals surface area (Å²) in [6.45, 7) is 4.93. The van der Waals surface area contributed by atoms with E-state index in [1.54, 1.807) is 0 Å². The largest absolute Gasteiger partial charge is 0.350 e. The lowest BCUT2D eigenvalue weighted by Gasteiger charge is -2.31. The highest BCUT2D eigenvalue weighted by Crippen LogP contribution is 2.25. The first-order valence-electron chi connectivity index (χ1n) is 7.47. The second kappa shape index (κ2) is 6.80. The lowest BCUT2D eigenvalue weighted by atomic mass is 9.84. The first-order valence-corrected chi connectivity index (χ1v) is 7.47. The van der Waals surface area contributed by atoms with E-state index < -0.39 is 0 Å². The van der Waals surface area contributed by atoms with E-state index >= 15 is 0 Å². The summed E-state index contributed by atoms with van der Waals surface area (Å²) in [5, 5.41) is 11.9. The molecule has 106 valence electrons. The van der Waals surface area contributed by atoms with Crippen LogP contribution in [-0.4, -0.2) is 27.8 Å². The first-order chi connectivity index (χ1) is 9.28. The van der Waals surface area contributed by atoms with Gasteiger partial charge >= 0.3 is 0 Å². The summed E-state index contributed by atoms with van der Waals surface area (Å²) in [5.41, 5.74) is 7.91. The maximum Gasteiger partial charge on any atom is 0.243 e. The molecule has 1 aliphatic carbocycles. The zero-order valence-corrected chi connectivity index (χ0v) is 12.0. The molecular weight excluding hydrogens is 238 g/mol. The molecule has 2 unspecified atom stereocenters. The van der Waals surface area contributed by atoms with E-state index in [2.05, 4.69) is 34.3 Å². The molecule has 0 spiro atoms. The van der Waals surface area contributed by atoms with Gasteiger partial charge in [-0.25, -0.2) is 4.98 Å². The molecule has 1 aromatic rings. The van der Waals surface area contributed by atoms with Crippen molar-refractivity contribution in [2.45, 2.75) is 58.4 Å². The van der Waals surface area contributed by atoms with E-state index in [0.717, 1.165) is 37.2 Å². The topological polar surface area (TPSA) is 76.7 Å². The summed E-state index contributed by atoms with van der Waals surface area (Å²) in [6.07, 6.45) is 6.69. The Morgan fingerprint density at radius 3 is 2.53 bits per heavy atom. The predicted molar refractivity (Wildman–Crippen MR) is 77.0 cm³/mol. The first kappa shape index (κ1) is 14.2. The molecule has 0 aliphatic heterocycles. The zero-order valence-electron chi connectivity index (χ0n) is 12.0. The van der Waals surface area contributed by atoms with Crippen LogP contribution in [-0.2, 0) is 12.8 Å². The third kappa shape index (κ3) is 3.41. The molecule has 1 aliphatic rings.